The lowest BCUT2D eigenvalue weighted by atomic mass is 9.77. The minimum absolute atomic E-state index is 0.0958. The number of carbonyl (C=O) groups excluding carboxylic acids is 1. The third-order valence-corrected chi connectivity index (χ3v) is 7.97. The van der Waals surface area contributed by atoms with Gasteiger partial charge in [0.1, 0.15) is 11.9 Å². The molecule has 0 aromatic heterocycles. The first kappa shape index (κ1) is 26.1. The number of anilines is 2. The summed E-state index contributed by atoms with van der Waals surface area (Å²) < 4.78 is 6.26. The van der Waals surface area contributed by atoms with Crippen LogP contribution in [0.4, 0.5) is 16.2 Å². The van der Waals surface area contributed by atoms with Crippen molar-refractivity contribution in [3.63, 3.8) is 0 Å². The lowest BCUT2D eigenvalue weighted by Crippen LogP contribution is -2.45. The van der Waals surface area contributed by atoms with Crippen molar-refractivity contribution in [2.45, 2.75) is 57.5 Å². The Balaban J connectivity index is 1.31. The van der Waals surface area contributed by atoms with Crippen LogP contribution in [0.25, 0.3) is 11.1 Å². The van der Waals surface area contributed by atoms with Crippen molar-refractivity contribution in [3.8, 4) is 16.9 Å². The van der Waals surface area contributed by atoms with Gasteiger partial charge >= 0.3 is 12.0 Å². The highest BCUT2D eigenvalue weighted by atomic mass is 35.5. The summed E-state index contributed by atoms with van der Waals surface area (Å²) in [6, 6.07) is 21.6. The monoisotopic (exact) mass is 532 g/mol. The summed E-state index contributed by atoms with van der Waals surface area (Å²) in [5, 5.41) is 12.6. The second-order valence-corrected chi connectivity index (χ2v) is 10.8. The number of aliphatic carboxylic acids is 1. The van der Waals surface area contributed by atoms with Crippen LogP contribution in [0, 0.1) is 5.92 Å². The number of carboxylic acid groups (broad SMARTS) is 1. The van der Waals surface area contributed by atoms with Crippen molar-refractivity contribution in [2.24, 2.45) is 5.92 Å². The summed E-state index contributed by atoms with van der Waals surface area (Å²) in [5.41, 5.74) is 4.83. The molecule has 0 saturated heterocycles. The molecule has 7 heteroatoms. The van der Waals surface area contributed by atoms with Gasteiger partial charge in [-0.25, -0.2) is 4.79 Å². The topological polar surface area (TPSA) is 78.9 Å². The third kappa shape index (κ3) is 5.97. The number of carbonyl (C=O) groups is 2. The molecular weight excluding hydrogens is 500 g/mol. The van der Waals surface area contributed by atoms with Gasteiger partial charge in [-0.1, -0.05) is 54.9 Å². The molecule has 198 valence electrons. The van der Waals surface area contributed by atoms with E-state index in [2.05, 4.69) is 36.5 Å². The maximum absolute atomic E-state index is 13.2. The van der Waals surface area contributed by atoms with Crippen molar-refractivity contribution in [2.75, 3.05) is 16.8 Å². The molecule has 1 atom stereocenters. The van der Waals surface area contributed by atoms with E-state index in [1.165, 1.54) is 5.56 Å². The van der Waals surface area contributed by atoms with Crippen LogP contribution in [0.2, 0.25) is 5.02 Å². The molecule has 0 radical (unpaired) electrons. The largest absolute Gasteiger partial charge is 0.486 e. The fourth-order valence-corrected chi connectivity index (χ4v) is 5.78. The Morgan fingerprint density at radius 3 is 2.42 bits per heavy atom. The van der Waals surface area contributed by atoms with Crippen LogP contribution >= 0.6 is 11.6 Å². The van der Waals surface area contributed by atoms with Gasteiger partial charge in [0.15, 0.2) is 0 Å². The predicted molar refractivity (Wildman–Crippen MR) is 151 cm³/mol. The number of halogens is 1. The molecule has 2 amide bonds. The van der Waals surface area contributed by atoms with Crippen molar-refractivity contribution in [1.82, 2.24) is 0 Å². The van der Waals surface area contributed by atoms with Crippen LogP contribution < -0.4 is 15.0 Å². The van der Waals surface area contributed by atoms with Gasteiger partial charge in [-0.2, -0.15) is 0 Å². The molecular formula is C31H33ClN2O4. The van der Waals surface area contributed by atoms with Crippen molar-refractivity contribution in [3.05, 3.63) is 77.3 Å². The Hall–Kier alpha value is -3.51. The number of hydrogen-bond acceptors (Lipinski definition) is 3. The summed E-state index contributed by atoms with van der Waals surface area (Å²) in [7, 11) is 0. The van der Waals surface area contributed by atoms with E-state index >= 15 is 0 Å². The van der Waals surface area contributed by atoms with E-state index in [9.17, 15) is 9.59 Å². The first-order valence-corrected chi connectivity index (χ1v) is 13.7. The standard InChI is InChI=1S/C31H33ClN2O4/c1-2-27-19-34(31(37)33-26-5-3-4-25(32)18-26)28-15-14-24(17-29(28)38-27)23-12-10-22(11-13-23)21-8-6-20(7-9-21)16-30(35)36/h3-5,10-15,17-18,20-21,27H,2,6-9,16,19H2,1H3,(H,33,37)(H,35,36)/t20-,21-,27?. The van der Waals surface area contributed by atoms with E-state index < -0.39 is 5.97 Å². The Bertz CT molecular complexity index is 1300. The second kappa shape index (κ2) is 11.5. The first-order chi connectivity index (χ1) is 18.4. The normalized spacial score (nSPS) is 20.8. The Morgan fingerprint density at radius 2 is 1.74 bits per heavy atom. The highest BCUT2D eigenvalue weighted by molar-refractivity contribution is 6.30. The summed E-state index contributed by atoms with van der Waals surface area (Å²) in [4.78, 5) is 26.0. The predicted octanol–water partition coefficient (Wildman–Crippen LogP) is 7.97. The Labute approximate surface area is 228 Å². The smallest absolute Gasteiger partial charge is 0.326 e. The molecule has 0 bridgehead atoms. The fraction of sp³-hybridized carbons (Fsp3) is 0.355. The number of rotatable bonds is 6. The second-order valence-electron chi connectivity index (χ2n) is 10.3. The number of ether oxygens (including phenoxy) is 1. The van der Waals surface area contributed by atoms with Crippen LogP contribution in [0.3, 0.4) is 0 Å². The van der Waals surface area contributed by atoms with Crippen LogP contribution in [0.15, 0.2) is 66.7 Å². The van der Waals surface area contributed by atoms with Crippen LogP contribution in [-0.4, -0.2) is 29.8 Å². The number of fused-ring (bicyclic) bond motifs is 1. The highest BCUT2D eigenvalue weighted by Gasteiger charge is 2.30. The van der Waals surface area contributed by atoms with E-state index in [0.29, 0.717) is 34.8 Å². The van der Waals surface area contributed by atoms with Gasteiger partial charge in [0.05, 0.1) is 12.2 Å². The van der Waals surface area contributed by atoms with Crippen LogP contribution in [-0.2, 0) is 4.79 Å². The molecule has 38 heavy (non-hydrogen) atoms. The van der Waals surface area contributed by atoms with E-state index in [4.69, 9.17) is 21.4 Å². The third-order valence-electron chi connectivity index (χ3n) is 7.73. The SMILES string of the molecule is CCC1CN(C(=O)Nc2cccc(Cl)c2)c2ccc(-c3ccc([C@H]4CC[C@H](CC(=O)O)CC4)cc3)cc2O1. The summed E-state index contributed by atoms with van der Waals surface area (Å²) in [6.07, 6.45) is 4.99. The molecule has 0 spiro atoms. The first-order valence-electron chi connectivity index (χ1n) is 13.4. The van der Waals surface area contributed by atoms with Gasteiger partial charge in [-0.15, -0.1) is 0 Å². The number of nitrogens with zero attached hydrogens (tertiary/aromatic N) is 1. The molecule has 3 aromatic rings. The molecule has 1 unspecified atom stereocenters. The average molecular weight is 533 g/mol. The number of amides is 2. The zero-order valence-electron chi connectivity index (χ0n) is 21.5. The van der Waals surface area contributed by atoms with E-state index in [1.807, 2.05) is 30.3 Å². The van der Waals surface area contributed by atoms with Gasteiger partial charge in [0, 0.05) is 17.1 Å². The summed E-state index contributed by atoms with van der Waals surface area (Å²) >= 11 is 6.09. The van der Waals surface area contributed by atoms with E-state index in [1.54, 1.807) is 17.0 Å². The Kier molecular flexibility index (Phi) is 7.89. The van der Waals surface area contributed by atoms with Crippen molar-refractivity contribution < 1.29 is 19.4 Å². The van der Waals surface area contributed by atoms with Gasteiger partial charge in [-0.3, -0.25) is 9.69 Å². The molecule has 5 rings (SSSR count). The molecule has 1 fully saturated rings. The van der Waals surface area contributed by atoms with E-state index in [0.717, 1.165) is 48.9 Å². The lowest BCUT2D eigenvalue weighted by Gasteiger charge is -2.35. The van der Waals surface area contributed by atoms with Crippen LogP contribution in [0.5, 0.6) is 5.75 Å². The number of nitrogens with one attached hydrogen (secondary N) is 1. The van der Waals surface area contributed by atoms with Gasteiger partial charge < -0.3 is 15.2 Å². The molecule has 6 nitrogen and oxygen atoms in total. The number of urea groups is 1. The van der Waals surface area contributed by atoms with Gasteiger partial charge in [0.2, 0.25) is 0 Å². The fourth-order valence-electron chi connectivity index (χ4n) is 5.59. The maximum atomic E-state index is 13.2. The maximum Gasteiger partial charge on any atom is 0.326 e. The molecule has 1 aliphatic heterocycles. The molecule has 2 N–H and O–H groups in total. The van der Waals surface area contributed by atoms with Crippen LogP contribution in [0.1, 0.15) is 56.9 Å². The molecule has 1 aliphatic carbocycles. The average Bonchev–Trinajstić information content (AvgIpc) is 2.92. The highest BCUT2D eigenvalue weighted by Crippen LogP contribution is 2.40. The zero-order valence-corrected chi connectivity index (χ0v) is 22.3. The number of hydrogen-bond donors (Lipinski definition) is 2. The minimum atomic E-state index is -0.693. The number of carboxylic acids is 1. The van der Waals surface area contributed by atoms with Gasteiger partial charge in [-0.05, 0) is 91.0 Å². The molecule has 1 heterocycles. The summed E-state index contributed by atoms with van der Waals surface area (Å²) in [5.74, 6) is 0.792. The van der Waals surface area contributed by atoms with Gasteiger partial charge in [0.25, 0.3) is 0 Å². The zero-order chi connectivity index (χ0) is 26.6. The van der Waals surface area contributed by atoms with E-state index in [-0.39, 0.29) is 18.6 Å². The molecule has 2 aliphatic rings. The minimum Gasteiger partial charge on any atom is -0.486 e. The van der Waals surface area contributed by atoms with Crippen molar-refractivity contribution >= 4 is 35.0 Å². The molecule has 1 saturated carbocycles. The van der Waals surface area contributed by atoms with Crippen molar-refractivity contribution in [1.29, 1.82) is 0 Å². The lowest BCUT2D eigenvalue weighted by molar-refractivity contribution is -0.138. The Morgan fingerprint density at radius 1 is 1.00 bits per heavy atom. The number of benzene rings is 3. The summed E-state index contributed by atoms with van der Waals surface area (Å²) in [6.45, 7) is 2.53. The molecule has 3 aromatic carbocycles. The quantitative estimate of drug-likeness (QED) is 0.337.